The van der Waals surface area contributed by atoms with Gasteiger partial charge in [0, 0.05) is 11.8 Å². The van der Waals surface area contributed by atoms with E-state index in [2.05, 4.69) is 38.3 Å². The standard InChI is InChI=1S/C12H19NS/c1-9-4-5-11(6-10(9)2)7-12(13)8-14-3/h4-6,12H,7-8,13H2,1-3H3. The molecule has 1 unspecified atom stereocenters. The predicted molar refractivity (Wildman–Crippen MR) is 66.0 cm³/mol. The lowest BCUT2D eigenvalue weighted by Crippen LogP contribution is -2.25. The molecule has 1 nitrogen and oxygen atoms in total. The Hall–Kier alpha value is -0.470. The fourth-order valence-corrected chi connectivity index (χ4v) is 2.05. The number of hydrogen-bond donors (Lipinski definition) is 1. The van der Waals surface area contributed by atoms with Gasteiger partial charge in [0.2, 0.25) is 0 Å². The molecule has 0 fully saturated rings. The van der Waals surface area contributed by atoms with Gasteiger partial charge >= 0.3 is 0 Å². The molecule has 2 N–H and O–H groups in total. The Morgan fingerprint density at radius 1 is 1.29 bits per heavy atom. The minimum Gasteiger partial charge on any atom is -0.327 e. The van der Waals surface area contributed by atoms with Gasteiger partial charge < -0.3 is 5.73 Å². The molecule has 0 aliphatic rings. The van der Waals surface area contributed by atoms with Crippen LogP contribution in [0.15, 0.2) is 18.2 Å². The minimum absolute atomic E-state index is 0.284. The molecule has 1 rings (SSSR count). The highest BCUT2D eigenvalue weighted by Crippen LogP contribution is 2.12. The van der Waals surface area contributed by atoms with Crippen molar-refractivity contribution in [3.63, 3.8) is 0 Å². The Morgan fingerprint density at radius 3 is 2.57 bits per heavy atom. The minimum atomic E-state index is 0.284. The summed E-state index contributed by atoms with van der Waals surface area (Å²) in [7, 11) is 0. The zero-order valence-electron chi connectivity index (χ0n) is 9.21. The number of aryl methyl sites for hydroxylation is 2. The van der Waals surface area contributed by atoms with Gasteiger partial charge in [0.1, 0.15) is 0 Å². The first kappa shape index (κ1) is 11.6. The number of benzene rings is 1. The summed E-state index contributed by atoms with van der Waals surface area (Å²) in [4.78, 5) is 0. The van der Waals surface area contributed by atoms with Crippen LogP contribution in [0, 0.1) is 13.8 Å². The molecule has 2 heteroatoms. The van der Waals surface area contributed by atoms with Crippen LogP contribution in [0.25, 0.3) is 0 Å². The zero-order chi connectivity index (χ0) is 10.6. The van der Waals surface area contributed by atoms with Crippen LogP contribution in [0.5, 0.6) is 0 Å². The average Bonchev–Trinajstić information content (AvgIpc) is 2.12. The maximum atomic E-state index is 5.98. The van der Waals surface area contributed by atoms with E-state index >= 15 is 0 Å². The van der Waals surface area contributed by atoms with Crippen molar-refractivity contribution in [1.82, 2.24) is 0 Å². The number of rotatable bonds is 4. The van der Waals surface area contributed by atoms with Gasteiger partial charge in [-0.3, -0.25) is 0 Å². The van der Waals surface area contributed by atoms with Crippen LogP contribution in [-0.2, 0) is 6.42 Å². The molecular formula is C12H19NS. The van der Waals surface area contributed by atoms with E-state index < -0.39 is 0 Å². The molecule has 14 heavy (non-hydrogen) atoms. The fraction of sp³-hybridized carbons (Fsp3) is 0.500. The Bertz CT molecular complexity index is 296. The molecule has 0 bridgehead atoms. The van der Waals surface area contributed by atoms with E-state index in [1.54, 1.807) is 0 Å². The number of nitrogens with two attached hydrogens (primary N) is 1. The van der Waals surface area contributed by atoms with Crippen LogP contribution < -0.4 is 5.73 Å². The van der Waals surface area contributed by atoms with Gasteiger partial charge in [-0.15, -0.1) is 0 Å². The molecule has 0 heterocycles. The van der Waals surface area contributed by atoms with E-state index in [0.29, 0.717) is 0 Å². The first-order valence-electron chi connectivity index (χ1n) is 4.94. The monoisotopic (exact) mass is 209 g/mol. The van der Waals surface area contributed by atoms with Gasteiger partial charge in [-0.2, -0.15) is 11.8 Å². The topological polar surface area (TPSA) is 26.0 Å². The molecular weight excluding hydrogens is 190 g/mol. The number of hydrogen-bond acceptors (Lipinski definition) is 2. The van der Waals surface area contributed by atoms with Crippen molar-refractivity contribution in [2.75, 3.05) is 12.0 Å². The Morgan fingerprint density at radius 2 is 2.00 bits per heavy atom. The van der Waals surface area contributed by atoms with Crippen molar-refractivity contribution in [2.45, 2.75) is 26.3 Å². The third kappa shape index (κ3) is 3.35. The van der Waals surface area contributed by atoms with E-state index in [-0.39, 0.29) is 6.04 Å². The first-order valence-corrected chi connectivity index (χ1v) is 6.33. The maximum Gasteiger partial charge on any atom is 0.0171 e. The lowest BCUT2D eigenvalue weighted by Gasteiger charge is -2.11. The van der Waals surface area contributed by atoms with E-state index in [9.17, 15) is 0 Å². The van der Waals surface area contributed by atoms with Gasteiger partial charge in [-0.25, -0.2) is 0 Å². The molecule has 0 aliphatic carbocycles. The van der Waals surface area contributed by atoms with Crippen LogP contribution in [0.2, 0.25) is 0 Å². The highest BCUT2D eigenvalue weighted by molar-refractivity contribution is 7.98. The highest BCUT2D eigenvalue weighted by atomic mass is 32.2. The third-order valence-electron chi connectivity index (χ3n) is 2.45. The predicted octanol–water partition coefficient (Wildman–Crippen LogP) is 2.54. The zero-order valence-corrected chi connectivity index (χ0v) is 10.0. The molecule has 0 radical (unpaired) electrons. The molecule has 0 aliphatic heterocycles. The quantitative estimate of drug-likeness (QED) is 0.824. The summed E-state index contributed by atoms with van der Waals surface area (Å²) in [6, 6.07) is 6.89. The molecule has 78 valence electrons. The van der Waals surface area contributed by atoms with Crippen molar-refractivity contribution in [1.29, 1.82) is 0 Å². The summed E-state index contributed by atoms with van der Waals surface area (Å²) in [5.41, 5.74) is 10.1. The Balaban J connectivity index is 2.63. The van der Waals surface area contributed by atoms with Gasteiger partial charge in [0.15, 0.2) is 0 Å². The van der Waals surface area contributed by atoms with Gasteiger partial charge in [0.25, 0.3) is 0 Å². The van der Waals surface area contributed by atoms with Crippen molar-refractivity contribution >= 4 is 11.8 Å². The Kier molecular flexibility index (Phi) is 4.49. The van der Waals surface area contributed by atoms with E-state index in [1.807, 2.05) is 11.8 Å². The second-order valence-electron chi connectivity index (χ2n) is 3.84. The summed E-state index contributed by atoms with van der Waals surface area (Å²) in [6.07, 6.45) is 3.09. The lowest BCUT2D eigenvalue weighted by molar-refractivity contribution is 0.748. The van der Waals surface area contributed by atoms with E-state index in [1.165, 1.54) is 16.7 Å². The SMILES string of the molecule is CSCC(N)Cc1ccc(C)c(C)c1. The molecule has 0 amide bonds. The highest BCUT2D eigenvalue weighted by Gasteiger charge is 2.03. The second-order valence-corrected chi connectivity index (χ2v) is 4.75. The van der Waals surface area contributed by atoms with Crippen molar-refractivity contribution in [3.8, 4) is 0 Å². The molecule has 0 spiro atoms. The molecule has 1 atom stereocenters. The third-order valence-corrected chi connectivity index (χ3v) is 3.21. The average molecular weight is 209 g/mol. The summed E-state index contributed by atoms with van der Waals surface area (Å²) < 4.78 is 0. The molecule has 0 saturated heterocycles. The summed E-state index contributed by atoms with van der Waals surface area (Å²) in [5, 5.41) is 0. The van der Waals surface area contributed by atoms with E-state index in [4.69, 9.17) is 5.73 Å². The normalized spacial score (nSPS) is 12.9. The van der Waals surface area contributed by atoms with Gasteiger partial charge in [-0.1, -0.05) is 18.2 Å². The maximum absolute atomic E-state index is 5.98. The van der Waals surface area contributed by atoms with Gasteiger partial charge in [0.05, 0.1) is 0 Å². The number of thioether (sulfide) groups is 1. The largest absolute Gasteiger partial charge is 0.327 e. The van der Waals surface area contributed by atoms with Crippen LogP contribution >= 0.6 is 11.8 Å². The first-order chi connectivity index (χ1) is 6.63. The van der Waals surface area contributed by atoms with E-state index in [0.717, 1.165) is 12.2 Å². The summed E-state index contributed by atoms with van der Waals surface area (Å²) >= 11 is 1.81. The summed E-state index contributed by atoms with van der Waals surface area (Å²) in [6.45, 7) is 4.29. The fourth-order valence-electron chi connectivity index (χ4n) is 1.51. The van der Waals surface area contributed by atoms with Crippen molar-refractivity contribution < 1.29 is 0 Å². The Labute approximate surface area is 91.1 Å². The van der Waals surface area contributed by atoms with Crippen LogP contribution in [0.3, 0.4) is 0 Å². The second kappa shape index (κ2) is 5.42. The molecule has 1 aromatic carbocycles. The molecule has 0 saturated carbocycles. The van der Waals surface area contributed by atoms with Crippen molar-refractivity contribution in [2.24, 2.45) is 5.73 Å². The lowest BCUT2D eigenvalue weighted by atomic mass is 10.0. The van der Waals surface area contributed by atoms with Crippen molar-refractivity contribution in [3.05, 3.63) is 34.9 Å². The molecule has 0 aromatic heterocycles. The van der Waals surface area contributed by atoms with Crippen LogP contribution in [0.4, 0.5) is 0 Å². The summed E-state index contributed by atoms with van der Waals surface area (Å²) in [5.74, 6) is 1.03. The van der Waals surface area contributed by atoms with Crippen LogP contribution in [0.1, 0.15) is 16.7 Å². The van der Waals surface area contributed by atoms with Gasteiger partial charge in [-0.05, 0) is 43.2 Å². The smallest absolute Gasteiger partial charge is 0.0171 e. The van der Waals surface area contributed by atoms with Crippen LogP contribution in [-0.4, -0.2) is 18.1 Å². The molecule has 1 aromatic rings.